The molecule has 0 spiro atoms. The molecule has 14 heavy (non-hydrogen) atoms. The molecular weight excluding hydrogens is 174 g/mol. The Balaban J connectivity index is 1.76. The van der Waals surface area contributed by atoms with Crippen LogP contribution in [0, 0.1) is 11.8 Å². The highest BCUT2D eigenvalue weighted by atomic mass is 16.1. The number of carbonyl (C=O) groups is 1. The van der Waals surface area contributed by atoms with Gasteiger partial charge in [0.15, 0.2) is 0 Å². The molecule has 3 atom stereocenters. The van der Waals surface area contributed by atoms with E-state index in [2.05, 4.69) is 4.90 Å². The van der Waals surface area contributed by atoms with E-state index in [1.807, 2.05) is 0 Å². The van der Waals surface area contributed by atoms with Crippen LogP contribution in [0.15, 0.2) is 0 Å². The van der Waals surface area contributed by atoms with Gasteiger partial charge in [0.25, 0.3) is 0 Å². The molecule has 0 amide bonds. The monoisotopic (exact) mass is 193 g/mol. The van der Waals surface area contributed by atoms with Gasteiger partial charge in [0.05, 0.1) is 0 Å². The molecule has 0 radical (unpaired) electrons. The number of rotatable bonds is 1. The summed E-state index contributed by atoms with van der Waals surface area (Å²) in [5, 5.41) is 0. The lowest BCUT2D eigenvalue weighted by atomic mass is 9.83. The Labute approximate surface area is 85.7 Å². The maximum atomic E-state index is 11.9. The number of ketones is 1. The van der Waals surface area contributed by atoms with Crippen LogP contribution in [0.2, 0.25) is 0 Å². The number of fused-ring (bicyclic) bond motifs is 2. The molecule has 1 aliphatic heterocycles. The van der Waals surface area contributed by atoms with Crippen LogP contribution in [0.1, 0.15) is 38.5 Å². The number of Topliss-reactive ketones (excluding diaryl/α,β-unsaturated/α-hetero) is 1. The lowest BCUT2D eigenvalue weighted by molar-refractivity contribution is -0.128. The predicted octanol–water partition coefficient (Wildman–Crippen LogP) is 1.84. The zero-order valence-corrected chi connectivity index (χ0v) is 8.74. The third-order valence-corrected chi connectivity index (χ3v) is 4.48. The molecule has 0 aromatic carbocycles. The van der Waals surface area contributed by atoms with Gasteiger partial charge in [0.2, 0.25) is 0 Å². The maximum absolute atomic E-state index is 11.9. The van der Waals surface area contributed by atoms with Crippen molar-refractivity contribution in [3.8, 4) is 0 Å². The smallest absolute Gasteiger partial charge is 0.140 e. The quantitative estimate of drug-likeness (QED) is 0.633. The molecule has 3 rings (SSSR count). The van der Waals surface area contributed by atoms with Crippen LogP contribution in [0.4, 0.5) is 0 Å². The van der Waals surface area contributed by atoms with Gasteiger partial charge in [-0.1, -0.05) is 0 Å². The molecule has 2 aliphatic carbocycles. The number of nitrogens with zero attached hydrogens (tertiary/aromatic N) is 1. The number of hydrogen-bond donors (Lipinski definition) is 0. The van der Waals surface area contributed by atoms with Gasteiger partial charge in [0.1, 0.15) is 5.78 Å². The molecule has 2 bridgehead atoms. The van der Waals surface area contributed by atoms with Gasteiger partial charge >= 0.3 is 0 Å². The number of carbonyl (C=O) groups excluding carboxylic acids is 1. The Morgan fingerprint density at radius 1 is 1.00 bits per heavy atom. The van der Waals surface area contributed by atoms with Gasteiger partial charge in [-0.05, 0) is 51.6 Å². The lowest BCUT2D eigenvalue weighted by Crippen LogP contribution is -2.44. The SMILES string of the molecule is O=C1[C@@H]2CC[C@H]1[C@H](N1CCCC1)CC2. The van der Waals surface area contributed by atoms with Crippen molar-refractivity contribution in [1.29, 1.82) is 0 Å². The summed E-state index contributed by atoms with van der Waals surface area (Å²) < 4.78 is 0. The summed E-state index contributed by atoms with van der Waals surface area (Å²) in [6.45, 7) is 2.50. The first kappa shape index (κ1) is 8.90. The van der Waals surface area contributed by atoms with Gasteiger partial charge in [-0.25, -0.2) is 0 Å². The fourth-order valence-electron chi connectivity index (χ4n) is 3.72. The molecule has 2 heteroatoms. The van der Waals surface area contributed by atoms with Crippen molar-refractivity contribution in [2.24, 2.45) is 11.8 Å². The molecule has 0 N–H and O–H groups in total. The molecule has 1 saturated heterocycles. The third kappa shape index (κ3) is 1.23. The van der Waals surface area contributed by atoms with Crippen molar-refractivity contribution in [1.82, 2.24) is 4.90 Å². The Morgan fingerprint density at radius 2 is 1.71 bits per heavy atom. The van der Waals surface area contributed by atoms with E-state index in [1.165, 1.54) is 51.6 Å². The van der Waals surface area contributed by atoms with Gasteiger partial charge in [-0.3, -0.25) is 9.69 Å². The van der Waals surface area contributed by atoms with E-state index in [1.54, 1.807) is 0 Å². The fraction of sp³-hybridized carbons (Fsp3) is 0.917. The van der Waals surface area contributed by atoms with E-state index in [-0.39, 0.29) is 0 Å². The molecule has 1 heterocycles. The van der Waals surface area contributed by atoms with Crippen molar-refractivity contribution in [3.05, 3.63) is 0 Å². The lowest BCUT2D eigenvalue weighted by Gasteiger charge is -2.34. The molecule has 2 nitrogen and oxygen atoms in total. The Hall–Kier alpha value is -0.370. The van der Waals surface area contributed by atoms with Gasteiger partial charge in [-0.2, -0.15) is 0 Å². The molecule has 78 valence electrons. The first-order chi connectivity index (χ1) is 6.86. The van der Waals surface area contributed by atoms with Crippen LogP contribution in [0.5, 0.6) is 0 Å². The highest BCUT2D eigenvalue weighted by Gasteiger charge is 2.45. The van der Waals surface area contributed by atoms with Crippen LogP contribution < -0.4 is 0 Å². The molecular formula is C12H19NO. The molecule has 3 aliphatic rings. The standard InChI is InChI=1S/C12H19NO/c14-12-9-3-5-10(12)11(6-4-9)13-7-1-2-8-13/h9-11H,1-8H2/t9-,10+,11-/m1/s1. The van der Waals surface area contributed by atoms with Crippen LogP contribution in [0.3, 0.4) is 0 Å². The molecule has 0 aromatic heterocycles. The van der Waals surface area contributed by atoms with Crippen LogP contribution >= 0.6 is 0 Å². The summed E-state index contributed by atoms with van der Waals surface area (Å²) in [5.74, 6) is 1.49. The summed E-state index contributed by atoms with van der Waals surface area (Å²) >= 11 is 0. The van der Waals surface area contributed by atoms with Crippen LogP contribution in [-0.2, 0) is 4.79 Å². The first-order valence-electron chi connectivity index (χ1n) is 6.14. The van der Waals surface area contributed by atoms with Crippen molar-refractivity contribution in [3.63, 3.8) is 0 Å². The van der Waals surface area contributed by atoms with Gasteiger partial charge < -0.3 is 0 Å². The van der Waals surface area contributed by atoms with Crippen molar-refractivity contribution < 1.29 is 4.79 Å². The van der Waals surface area contributed by atoms with Crippen molar-refractivity contribution >= 4 is 5.78 Å². The van der Waals surface area contributed by atoms with Gasteiger partial charge in [0, 0.05) is 17.9 Å². The minimum atomic E-state index is 0.423. The summed E-state index contributed by atoms with van der Waals surface area (Å²) in [5.41, 5.74) is 0. The Morgan fingerprint density at radius 3 is 2.50 bits per heavy atom. The second-order valence-corrected chi connectivity index (χ2v) is 5.17. The highest BCUT2D eigenvalue weighted by molar-refractivity contribution is 5.86. The normalized spacial score (nSPS) is 43.4. The molecule has 2 saturated carbocycles. The first-order valence-corrected chi connectivity index (χ1v) is 6.14. The summed E-state index contributed by atoms with van der Waals surface area (Å²) in [7, 11) is 0. The van der Waals surface area contributed by atoms with E-state index in [0.717, 1.165) is 0 Å². The van der Waals surface area contributed by atoms with E-state index >= 15 is 0 Å². The second-order valence-electron chi connectivity index (χ2n) is 5.17. The van der Waals surface area contributed by atoms with Crippen LogP contribution in [0.25, 0.3) is 0 Å². The topological polar surface area (TPSA) is 20.3 Å². The Kier molecular flexibility index (Phi) is 2.12. The largest absolute Gasteiger partial charge is 0.300 e. The third-order valence-electron chi connectivity index (χ3n) is 4.48. The number of hydrogen-bond acceptors (Lipinski definition) is 2. The summed E-state index contributed by atoms with van der Waals surface area (Å²) in [4.78, 5) is 14.5. The molecule has 0 unspecified atom stereocenters. The minimum Gasteiger partial charge on any atom is -0.300 e. The maximum Gasteiger partial charge on any atom is 0.140 e. The minimum absolute atomic E-state index is 0.423. The van der Waals surface area contributed by atoms with Crippen molar-refractivity contribution in [2.45, 2.75) is 44.6 Å². The average molecular weight is 193 g/mol. The highest BCUT2D eigenvalue weighted by Crippen LogP contribution is 2.41. The average Bonchev–Trinajstić information content (AvgIpc) is 2.76. The van der Waals surface area contributed by atoms with Crippen molar-refractivity contribution in [2.75, 3.05) is 13.1 Å². The Bertz CT molecular complexity index is 245. The van der Waals surface area contributed by atoms with Crippen LogP contribution in [-0.4, -0.2) is 29.8 Å². The zero-order chi connectivity index (χ0) is 9.54. The number of likely N-dealkylation sites (tertiary alicyclic amines) is 1. The summed E-state index contributed by atoms with van der Waals surface area (Å²) in [6.07, 6.45) is 7.54. The molecule has 3 fully saturated rings. The van der Waals surface area contributed by atoms with Gasteiger partial charge in [-0.15, -0.1) is 0 Å². The fourth-order valence-corrected chi connectivity index (χ4v) is 3.72. The molecule has 0 aromatic rings. The second kappa shape index (κ2) is 3.34. The van der Waals surface area contributed by atoms with E-state index in [4.69, 9.17) is 0 Å². The van der Waals surface area contributed by atoms with E-state index in [9.17, 15) is 4.79 Å². The zero-order valence-electron chi connectivity index (χ0n) is 8.74. The van der Waals surface area contributed by atoms with E-state index < -0.39 is 0 Å². The summed E-state index contributed by atoms with van der Waals surface area (Å²) in [6, 6.07) is 0.628. The predicted molar refractivity (Wildman–Crippen MR) is 55.1 cm³/mol. The van der Waals surface area contributed by atoms with E-state index in [0.29, 0.717) is 23.7 Å².